The van der Waals surface area contributed by atoms with Crippen molar-refractivity contribution >= 4 is 23.1 Å². The van der Waals surface area contributed by atoms with Crippen LogP contribution in [-0.2, 0) is 4.79 Å². The van der Waals surface area contributed by atoms with Gasteiger partial charge in [0.1, 0.15) is 12.4 Å². The molecule has 1 N–H and O–H groups in total. The Morgan fingerprint density at radius 1 is 1.45 bits per heavy atom. The van der Waals surface area contributed by atoms with Gasteiger partial charge in [-0.25, -0.2) is 4.68 Å². The number of rotatable bonds is 1. The van der Waals surface area contributed by atoms with Gasteiger partial charge in [-0.05, 0) is 36.8 Å². The third-order valence-electron chi connectivity index (χ3n) is 3.96. The number of carbonyl (C=O) groups is 1. The van der Waals surface area contributed by atoms with Gasteiger partial charge in [-0.2, -0.15) is 10.1 Å². The third kappa shape index (κ3) is 1.57. The number of Topliss-reactive ketones (excluding diaryl/α,β-unsaturated/α-hetero) is 1. The highest BCUT2D eigenvalue weighted by Gasteiger charge is 2.37. The Bertz CT molecular complexity index is 727. The lowest BCUT2D eigenvalue weighted by atomic mass is 9.87. The minimum atomic E-state index is -0.114. The van der Waals surface area contributed by atoms with E-state index < -0.39 is 0 Å². The molecule has 2 aromatic heterocycles. The minimum absolute atomic E-state index is 0.114. The van der Waals surface area contributed by atoms with Crippen LogP contribution in [0.1, 0.15) is 35.7 Å². The maximum Gasteiger partial charge on any atom is 0.226 e. The molecule has 1 aliphatic carbocycles. The number of thiophene rings is 1. The van der Waals surface area contributed by atoms with Gasteiger partial charge in [0.05, 0.1) is 0 Å². The first-order chi connectivity index (χ1) is 9.75. The van der Waals surface area contributed by atoms with Gasteiger partial charge in [0.15, 0.2) is 5.78 Å². The number of allylic oxidation sites excluding steroid dienone is 2. The Kier molecular flexibility index (Phi) is 2.53. The van der Waals surface area contributed by atoms with Crippen LogP contribution in [0.15, 0.2) is 29.0 Å². The number of hydrogen-bond acceptors (Lipinski definition) is 5. The van der Waals surface area contributed by atoms with Gasteiger partial charge in [-0.15, -0.1) is 11.3 Å². The van der Waals surface area contributed by atoms with Gasteiger partial charge in [-0.3, -0.25) is 4.79 Å². The minimum Gasteiger partial charge on any atom is -0.328 e. The Morgan fingerprint density at radius 2 is 2.35 bits per heavy atom. The van der Waals surface area contributed by atoms with Gasteiger partial charge >= 0.3 is 0 Å². The Labute approximate surface area is 120 Å². The van der Waals surface area contributed by atoms with Gasteiger partial charge in [0.25, 0.3) is 0 Å². The van der Waals surface area contributed by atoms with Crippen molar-refractivity contribution < 1.29 is 4.79 Å². The van der Waals surface area contributed by atoms with E-state index in [-0.39, 0.29) is 11.8 Å². The first kappa shape index (κ1) is 11.8. The van der Waals surface area contributed by atoms with Gasteiger partial charge in [0, 0.05) is 22.6 Å². The predicted molar refractivity (Wildman–Crippen MR) is 76.7 cm³/mol. The number of hydrogen-bond donors (Lipinski definition) is 1. The molecule has 4 rings (SSSR count). The van der Waals surface area contributed by atoms with E-state index in [1.807, 2.05) is 4.68 Å². The molecule has 0 radical (unpaired) electrons. The molecule has 1 atom stereocenters. The zero-order valence-corrected chi connectivity index (χ0v) is 11.9. The number of fused-ring (bicyclic) bond motifs is 1. The summed E-state index contributed by atoms with van der Waals surface area (Å²) in [6, 6.07) is 1.98. The molecule has 0 amide bonds. The first-order valence-corrected chi connectivity index (χ1v) is 7.60. The van der Waals surface area contributed by atoms with Gasteiger partial charge in [0.2, 0.25) is 5.95 Å². The van der Waals surface area contributed by atoms with E-state index in [4.69, 9.17) is 0 Å². The Hall–Kier alpha value is -1.95. The highest BCUT2D eigenvalue weighted by molar-refractivity contribution is 7.10. The van der Waals surface area contributed by atoms with Crippen molar-refractivity contribution in [1.29, 1.82) is 0 Å². The predicted octanol–water partition coefficient (Wildman–Crippen LogP) is 2.67. The maximum absolute atomic E-state index is 12.4. The molecule has 0 spiro atoms. The summed E-state index contributed by atoms with van der Waals surface area (Å²) in [5.41, 5.74) is 3.10. The van der Waals surface area contributed by atoms with Crippen LogP contribution in [-0.4, -0.2) is 20.5 Å². The van der Waals surface area contributed by atoms with E-state index in [2.05, 4.69) is 33.8 Å². The fourth-order valence-corrected chi connectivity index (χ4v) is 4.02. The van der Waals surface area contributed by atoms with Crippen LogP contribution in [0.5, 0.6) is 0 Å². The van der Waals surface area contributed by atoms with Crippen molar-refractivity contribution in [1.82, 2.24) is 14.8 Å². The summed E-state index contributed by atoms with van der Waals surface area (Å²) < 4.78 is 1.83. The Balaban J connectivity index is 1.95. The number of aryl methyl sites for hydroxylation is 1. The molecule has 0 saturated heterocycles. The average Bonchev–Trinajstić information content (AvgIpc) is 3.05. The van der Waals surface area contributed by atoms with Crippen LogP contribution < -0.4 is 5.32 Å². The summed E-state index contributed by atoms with van der Waals surface area (Å²) in [5.74, 6) is 0.967. The number of anilines is 1. The monoisotopic (exact) mass is 286 g/mol. The van der Waals surface area contributed by atoms with Crippen molar-refractivity contribution in [2.45, 2.75) is 32.2 Å². The largest absolute Gasteiger partial charge is 0.328 e. The lowest BCUT2D eigenvalue weighted by Crippen LogP contribution is -2.31. The van der Waals surface area contributed by atoms with Crippen LogP contribution in [0, 0.1) is 6.92 Å². The molecular formula is C14H14N4OS. The molecule has 0 saturated carbocycles. The molecule has 5 nitrogen and oxygen atoms in total. The number of nitrogens with zero attached hydrogens (tertiary/aromatic N) is 3. The number of carbonyl (C=O) groups excluding carboxylic acids is 1. The van der Waals surface area contributed by atoms with Crippen LogP contribution in [0.3, 0.4) is 0 Å². The topological polar surface area (TPSA) is 59.8 Å². The standard InChI is InChI=1S/C14H14N4OS/c1-8-5-6-20-13(8)12-11-9(3-2-4-10(11)19)17-14-15-7-16-18(12)14/h5-7,12H,2-4H2,1H3,(H,15,16,17)/t12-/m0/s1. The van der Waals surface area contributed by atoms with E-state index in [1.165, 1.54) is 10.4 Å². The molecule has 3 heterocycles. The lowest BCUT2D eigenvalue weighted by molar-refractivity contribution is -0.116. The molecule has 0 fully saturated rings. The lowest BCUT2D eigenvalue weighted by Gasteiger charge is -2.31. The first-order valence-electron chi connectivity index (χ1n) is 6.72. The third-order valence-corrected chi connectivity index (χ3v) is 5.03. The zero-order valence-electron chi connectivity index (χ0n) is 11.1. The quantitative estimate of drug-likeness (QED) is 0.875. The molecule has 2 aliphatic rings. The summed E-state index contributed by atoms with van der Waals surface area (Å²) in [7, 11) is 0. The van der Waals surface area contributed by atoms with Crippen molar-refractivity contribution in [2.75, 3.05) is 5.32 Å². The summed E-state index contributed by atoms with van der Waals surface area (Å²) in [4.78, 5) is 17.9. The van der Waals surface area contributed by atoms with Crippen LogP contribution >= 0.6 is 11.3 Å². The maximum atomic E-state index is 12.4. The fourth-order valence-electron chi connectivity index (χ4n) is 3.00. The summed E-state index contributed by atoms with van der Waals surface area (Å²) >= 11 is 1.68. The van der Waals surface area contributed by atoms with Crippen molar-refractivity contribution in [2.24, 2.45) is 0 Å². The molecule has 0 bridgehead atoms. The van der Waals surface area contributed by atoms with Gasteiger partial charge < -0.3 is 5.32 Å². The second-order valence-electron chi connectivity index (χ2n) is 5.19. The van der Waals surface area contributed by atoms with Crippen molar-refractivity contribution in [3.8, 4) is 0 Å². The normalized spacial score (nSPS) is 21.4. The second-order valence-corrected chi connectivity index (χ2v) is 6.14. The fraction of sp³-hybridized carbons (Fsp3) is 0.357. The Morgan fingerprint density at radius 3 is 3.15 bits per heavy atom. The van der Waals surface area contributed by atoms with E-state index in [9.17, 15) is 4.79 Å². The van der Waals surface area contributed by atoms with E-state index in [0.717, 1.165) is 30.1 Å². The number of ketones is 1. The average molecular weight is 286 g/mol. The molecule has 6 heteroatoms. The van der Waals surface area contributed by atoms with E-state index >= 15 is 0 Å². The van der Waals surface area contributed by atoms with Crippen molar-refractivity contribution in [3.63, 3.8) is 0 Å². The highest BCUT2D eigenvalue weighted by atomic mass is 32.1. The van der Waals surface area contributed by atoms with Crippen molar-refractivity contribution in [3.05, 3.63) is 39.5 Å². The summed E-state index contributed by atoms with van der Waals surface area (Å²) in [5, 5.41) is 9.66. The molecule has 102 valence electrons. The van der Waals surface area contributed by atoms with E-state index in [1.54, 1.807) is 17.7 Å². The summed E-state index contributed by atoms with van der Waals surface area (Å²) in [6.45, 7) is 2.08. The molecule has 0 aromatic carbocycles. The zero-order chi connectivity index (χ0) is 13.7. The molecule has 1 aliphatic heterocycles. The van der Waals surface area contributed by atoms with Gasteiger partial charge in [-0.1, -0.05) is 0 Å². The number of aromatic nitrogens is 3. The molecular weight excluding hydrogens is 272 g/mol. The SMILES string of the molecule is Cc1ccsc1[C@@H]1C2=C(CCCC2=O)Nc2ncnn21. The summed E-state index contributed by atoms with van der Waals surface area (Å²) in [6.07, 6.45) is 4.00. The molecule has 0 unspecified atom stereocenters. The smallest absolute Gasteiger partial charge is 0.226 e. The number of nitrogens with one attached hydrogen (secondary N) is 1. The molecule has 2 aromatic rings. The van der Waals surface area contributed by atoms with Crippen LogP contribution in [0.25, 0.3) is 0 Å². The highest BCUT2D eigenvalue weighted by Crippen LogP contribution is 2.41. The van der Waals surface area contributed by atoms with Crippen LogP contribution in [0.4, 0.5) is 5.95 Å². The second kappa shape index (κ2) is 4.28. The van der Waals surface area contributed by atoms with E-state index in [0.29, 0.717) is 6.42 Å². The van der Waals surface area contributed by atoms with Crippen LogP contribution in [0.2, 0.25) is 0 Å². The molecule has 20 heavy (non-hydrogen) atoms.